The van der Waals surface area contributed by atoms with E-state index in [-0.39, 0.29) is 24.0 Å². The molecule has 3 aliphatic heterocycles. The van der Waals surface area contributed by atoms with Crippen LogP contribution in [0.1, 0.15) is 40.6 Å². The number of aryl methyl sites for hydroxylation is 1. The summed E-state index contributed by atoms with van der Waals surface area (Å²) in [4.78, 5) is 28.8. The highest BCUT2D eigenvalue weighted by Crippen LogP contribution is 2.33. The second-order valence-electron chi connectivity index (χ2n) is 7.88. The molecule has 2 amide bonds. The lowest BCUT2D eigenvalue weighted by Crippen LogP contribution is -2.54. The Labute approximate surface area is 169 Å². The fourth-order valence-electron chi connectivity index (χ4n) is 4.25. The van der Waals surface area contributed by atoms with Gasteiger partial charge in [-0.15, -0.1) is 0 Å². The van der Waals surface area contributed by atoms with Crippen LogP contribution in [0.5, 0.6) is 0 Å². The summed E-state index contributed by atoms with van der Waals surface area (Å²) >= 11 is 0. The number of carbonyl (C=O) groups excluding carboxylic acids is 2. The molecule has 1 aromatic heterocycles. The minimum atomic E-state index is -0.267. The highest BCUT2D eigenvalue weighted by molar-refractivity contribution is 5.94. The Balaban J connectivity index is 1.18. The summed E-state index contributed by atoms with van der Waals surface area (Å²) in [6.07, 6.45) is 4.14. The number of fused-ring (bicyclic) bond motifs is 1. The lowest BCUT2D eigenvalue weighted by atomic mass is 9.96. The van der Waals surface area contributed by atoms with Crippen LogP contribution in [0.2, 0.25) is 0 Å². The van der Waals surface area contributed by atoms with Crippen LogP contribution < -0.4 is 5.32 Å². The fraction of sp³-hybridized carbons (Fsp3) is 0.455. The van der Waals surface area contributed by atoms with E-state index in [1.807, 2.05) is 40.1 Å². The molecular formula is C22H25N3O4. The molecule has 152 valence electrons. The molecule has 0 saturated carbocycles. The average Bonchev–Trinajstić information content (AvgIpc) is 3.20. The van der Waals surface area contributed by atoms with Crippen LogP contribution in [-0.4, -0.2) is 60.5 Å². The quantitative estimate of drug-likeness (QED) is 0.864. The van der Waals surface area contributed by atoms with Gasteiger partial charge in [-0.1, -0.05) is 12.1 Å². The van der Waals surface area contributed by atoms with Crippen molar-refractivity contribution in [1.29, 1.82) is 0 Å². The van der Waals surface area contributed by atoms with Gasteiger partial charge in [-0.3, -0.25) is 9.59 Å². The minimum absolute atomic E-state index is 0.0252. The molecule has 7 nitrogen and oxygen atoms in total. The van der Waals surface area contributed by atoms with Gasteiger partial charge in [-0.25, -0.2) is 0 Å². The van der Waals surface area contributed by atoms with Crippen molar-refractivity contribution in [2.45, 2.75) is 31.4 Å². The topological polar surface area (TPSA) is 75.0 Å². The Bertz CT molecular complexity index is 895. The summed E-state index contributed by atoms with van der Waals surface area (Å²) in [6, 6.07) is 10.1. The summed E-state index contributed by atoms with van der Waals surface area (Å²) < 4.78 is 10.7. The molecule has 3 aliphatic rings. The monoisotopic (exact) mass is 395 g/mol. The zero-order valence-corrected chi connectivity index (χ0v) is 16.3. The van der Waals surface area contributed by atoms with Crippen LogP contribution in [0.4, 0.5) is 5.69 Å². The average molecular weight is 395 g/mol. The third-order valence-corrected chi connectivity index (χ3v) is 6.15. The van der Waals surface area contributed by atoms with E-state index in [9.17, 15) is 9.59 Å². The first kappa shape index (κ1) is 18.2. The lowest BCUT2D eigenvalue weighted by Gasteiger charge is -2.38. The van der Waals surface area contributed by atoms with E-state index >= 15 is 0 Å². The van der Waals surface area contributed by atoms with Gasteiger partial charge in [0.25, 0.3) is 11.8 Å². The number of carbonyl (C=O) groups is 2. The largest absolute Gasteiger partial charge is 0.467 e. The summed E-state index contributed by atoms with van der Waals surface area (Å²) in [7, 11) is 0. The van der Waals surface area contributed by atoms with Gasteiger partial charge < -0.3 is 24.3 Å². The van der Waals surface area contributed by atoms with Crippen molar-refractivity contribution < 1.29 is 18.7 Å². The van der Waals surface area contributed by atoms with Crippen LogP contribution in [0.15, 0.2) is 41.0 Å². The van der Waals surface area contributed by atoms with E-state index < -0.39 is 0 Å². The summed E-state index contributed by atoms with van der Waals surface area (Å²) in [6.45, 7) is 2.94. The Morgan fingerprint density at radius 1 is 0.966 bits per heavy atom. The van der Waals surface area contributed by atoms with E-state index in [2.05, 4.69) is 5.32 Å². The maximum atomic E-state index is 12.9. The van der Waals surface area contributed by atoms with Crippen LogP contribution in [-0.2, 0) is 16.0 Å². The molecule has 0 radical (unpaired) electrons. The number of benzene rings is 1. The van der Waals surface area contributed by atoms with Crippen molar-refractivity contribution >= 4 is 17.5 Å². The minimum Gasteiger partial charge on any atom is -0.467 e. The third kappa shape index (κ3) is 3.51. The summed E-state index contributed by atoms with van der Waals surface area (Å²) in [5.74, 6) is 1.10. The predicted molar refractivity (Wildman–Crippen MR) is 107 cm³/mol. The molecule has 4 heterocycles. The molecule has 2 unspecified atom stereocenters. The van der Waals surface area contributed by atoms with Gasteiger partial charge in [0.1, 0.15) is 11.9 Å². The normalized spacial score (nSPS) is 23.7. The molecule has 7 heteroatoms. The molecule has 1 aromatic carbocycles. The van der Waals surface area contributed by atoms with E-state index in [4.69, 9.17) is 9.15 Å². The zero-order chi connectivity index (χ0) is 19.8. The third-order valence-electron chi connectivity index (χ3n) is 6.15. The van der Waals surface area contributed by atoms with Crippen molar-refractivity contribution in [3.8, 4) is 0 Å². The van der Waals surface area contributed by atoms with Crippen LogP contribution in [0.3, 0.4) is 0 Å². The molecule has 1 N–H and O–H groups in total. The van der Waals surface area contributed by atoms with Crippen molar-refractivity contribution in [3.63, 3.8) is 0 Å². The SMILES string of the molecule is O=C(c1ccc(C2CCc3occc3N2)cc1)N1CCN(C(=O)C2CCO2)CC1. The number of nitrogens with zero attached hydrogens (tertiary/aromatic N) is 2. The van der Waals surface area contributed by atoms with Gasteiger partial charge in [0.2, 0.25) is 0 Å². The Morgan fingerprint density at radius 2 is 1.69 bits per heavy atom. The maximum absolute atomic E-state index is 12.9. The Morgan fingerprint density at radius 3 is 2.38 bits per heavy atom. The number of piperazine rings is 1. The zero-order valence-electron chi connectivity index (χ0n) is 16.3. The van der Waals surface area contributed by atoms with Crippen LogP contribution >= 0.6 is 0 Å². The molecule has 2 atom stereocenters. The molecule has 2 aromatic rings. The molecular weight excluding hydrogens is 370 g/mol. The van der Waals surface area contributed by atoms with Gasteiger partial charge in [-0.2, -0.15) is 0 Å². The first-order valence-corrected chi connectivity index (χ1v) is 10.3. The number of anilines is 1. The number of hydrogen-bond acceptors (Lipinski definition) is 5. The smallest absolute Gasteiger partial charge is 0.253 e. The Hall–Kier alpha value is -2.80. The molecule has 0 spiro atoms. The van der Waals surface area contributed by atoms with E-state index in [1.165, 1.54) is 5.56 Å². The van der Waals surface area contributed by atoms with Crippen molar-refractivity contribution in [2.24, 2.45) is 0 Å². The van der Waals surface area contributed by atoms with Crippen molar-refractivity contribution in [3.05, 3.63) is 53.5 Å². The molecule has 29 heavy (non-hydrogen) atoms. The van der Waals surface area contributed by atoms with Crippen molar-refractivity contribution in [2.75, 3.05) is 38.1 Å². The lowest BCUT2D eigenvalue weighted by molar-refractivity contribution is -0.157. The van der Waals surface area contributed by atoms with Gasteiger partial charge in [0.15, 0.2) is 0 Å². The first-order valence-electron chi connectivity index (χ1n) is 10.3. The highest BCUT2D eigenvalue weighted by Gasteiger charge is 2.33. The number of rotatable bonds is 3. The van der Waals surface area contributed by atoms with Gasteiger partial charge in [0.05, 0.1) is 24.6 Å². The standard InChI is InChI=1S/C22H25N3O4/c26-21(24-9-11-25(12-10-24)22(27)20-8-14-29-20)16-3-1-15(2-4-16)17-5-6-19-18(23-17)7-13-28-19/h1-4,7,13,17,20,23H,5-6,8-12,14H2. The van der Waals surface area contributed by atoms with Crippen LogP contribution in [0.25, 0.3) is 0 Å². The second-order valence-corrected chi connectivity index (χ2v) is 7.88. The van der Waals surface area contributed by atoms with E-state index in [1.54, 1.807) is 6.26 Å². The summed E-state index contributed by atoms with van der Waals surface area (Å²) in [5.41, 5.74) is 2.92. The second kappa shape index (κ2) is 7.55. The fourth-order valence-corrected chi connectivity index (χ4v) is 4.25. The van der Waals surface area contributed by atoms with Gasteiger partial charge in [0, 0.05) is 44.6 Å². The molecule has 0 aliphatic carbocycles. The number of hydrogen-bond donors (Lipinski definition) is 1. The first-order chi connectivity index (χ1) is 14.2. The van der Waals surface area contributed by atoms with Gasteiger partial charge in [-0.05, 0) is 30.2 Å². The number of furan rings is 1. The van der Waals surface area contributed by atoms with Gasteiger partial charge >= 0.3 is 0 Å². The molecule has 2 fully saturated rings. The number of nitrogens with one attached hydrogen (secondary N) is 1. The maximum Gasteiger partial charge on any atom is 0.253 e. The van der Waals surface area contributed by atoms with E-state index in [0.717, 1.165) is 30.7 Å². The molecule has 2 saturated heterocycles. The number of ether oxygens (including phenoxy) is 1. The Kier molecular flexibility index (Phi) is 4.75. The van der Waals surface area contributed by atoms with E-state index in [0.29, 0.717) is 38.3 Å². The predicted octanol–water partition coefficient (Wildman–Crippen LogP) is 2.45. The molecule has 0 bridgehead atoms. The summed E-state index contributed by atoms with van der Waals surface area (Å²) in [5, 5.41) is 3.50. The van der Waals surface area contributed by atoms with Crippen LogP contribution in [0, 0.1) is 0 Å². The number of amides is 2. The van der Waals surface area contributed by atoms with Crippen molar-refractivity contribution in [1.82, 2.24) is 9.80 Å². The highest BCUT2D eigenvalue weighted by atomic mass is 16.5. The molecule has 5 rings (SSSR count).